The smallest absolute Gasteiger partial charge is 0.302 e. The van der Waals surface area contributed by atoms with E-state index in [2.05, 4.69) is 9.97 Å². The first kappa shape index (κ1) is 19.4. The average Bonchev–Trinajstić information content (AvgIpc) is 3.30. The van der Waals surface area contributed by atoms with Crippen molar-refractivity contribution in [2.75, 3.05) is 11.5 Å². The fourth-order valence-electron chi connectivity index (χ4n) is 3.36. The quantitative estimate of drug-likeness (QED) is 0.394. The first-order chi connectivity index (χ1) is 14.5. The summed E-state index contributed by atoms with van der Waals surface area (Å²) in [5.41, 5.74) is 0.282. The molecule has 8 heteroatoms. The summed E-state index contributed by atoms with van der Waals surface area (Å²) in [5, 5.41) is 11.0. The number of furan rings is 1. The van der Waals surface area contributed by atoms with E-state index in [1.807, 2.05) is 6.92 Å². The Labute approximate surface area is 172 Å². The predicted octanol–water partition coefficient (Wildman–Crippen LogP) is 3.40. The summed E-state index contributed by atoms with van der Waals surface area (Å²) < 4.78 is 11.1. The van der Waals surface area contributed by atoms with Gasteiger partial charge in [-0.1, -0.05) is 0 Å². The molecule has 4 rings (SSSR count). The zero-order valence-corrected chi connectivity index (χ0v) is 16.4. The standard InChI is InChI=1S/C22H19N3O5/c1-3-29-15-8-6-14(7-9-15)19(26)17-18(16-10-5-13(2)30-16)25(21(28)20(17)27)22-23-11-4-12-24-22/h4-12,18,26H,3H2,1-2H3/b19-17-. The van der Waals surface area contributed by atoms with Crippen LogP contribution in [0.25, 0.3) is 5.76 Å². The van der Waals surface area contributed by atoms with Gasteiger partial charge in [0.25, 0.3) is 5.78 Å². The number of carbonyl (C=O) groups excluding carboxylic acids is 2. The lowest BCUT2D eigenvalue weighted by molar-refractivity contribution is -0.132. The highest BCUT2D eigenvalue weighted by atomic mass is 16.5. The van der Waals surface area contributed by atoms with Gasteiger partial charge in [-0.3, -0.25) is 14.5 Å². The molecule has 0 saturated carbocycles. The molecule has 1 amide bonds. The van der Waals surface area contributed by atoms with Crippen LogP contribution in [0.15, 0.2) is 64.8 Å². The zero-order chi connectivity index (χ0) is 21.3. The van der Waals surface area contributed by atoms with Gasteiger partial charge in [-0.2, -0.15) is 0 Å². The van der Waals surface area contributed by atoms with Crippen LogP contribution in [0.5, 0.6) is 5.75 Å². The maximum atomic E-state index is 12.9. The molecule has 152 valence electrons. The normalized spacial score (nSPS) is 18.1. The molecule has 1 fully saturated rings. The summed E-state index contributed by atoms with van der Waals surface area (Å²) in [5.74, 6) is -0.387. The summed E-state index contributed by atoms with van der Waals surface area (Å²) >= 11 is 0. The summed E-state index contributed by atoms with van der Waals surface area (Å²) in [4.78, 5) is 35.2. The van der Waals surface area contributed by atoms with Gasteiger partial charge in [0.1, 0.15) is 29.1 Å². The molecule has 0 aliphatic carbocycles. The number of anilines is 1. The molecule has 0 bridgehead atoms. The minimum atomic E-state index is -0.993. The van der Waals surface area contributed by atoms with E-state index in [9.17, 15) is 14.7 Å². The number of hydrogen-bond donors (Lipinski definition) is 1. The van der Waals surface area contributed by atoms with Crippen molar-refractivity contribution in [3.63, 3.8) is 0 Å². The number of carbonyl (C=O) groups is 2. The van der Waals surface area contributed by atoms with E-state index in [1.165, 1.54) is 12.4 Å². The number of rotatable bonds is 5. The number of hydrogen-bond acceptors (Lipinski definition) is 7. The minimum Gasteiger partial charge on any atom is -0.507 e. The van der Waals surface area contributed by atoms with Crippen LogP contribution in [0.1, 0.15) is 30.0 Å². The number of ether oxygens (including phenoxy) is 1. The Balaban J connectivity index is 1.87. The van der Waals surface area contributed by atoms with E-state index in [1.54, 1.807) is 49.4 Å². The van der Waals surface area contributed by atoms with Gasteiger partial charge >= 0.3 is 5.91 Å². The molecule has 1 saturated heterocycles. The number of amides is 1. The van der Waals surface area contributed by atoms with Crippen molar-refractivity contribution in [3.05, 3.63) is 77.5 Å². The fraction of sp³-hybridized carbons (Fsp3) is 0.182. The molecule has 1 aliphatic rings. The molecule has 0 radical (unpaired) electrons. The molecule has 0 spiro atoms. The molecule has 1 N–H and O–H groups in total. The Morgan fingerprint density at radius 1 is 1.13 bits per heavy atom. The van der Waals surface area contributed by atoms with Crippen molar-refractivity contribution in [2.24, 2.45) is 0 Å². The highest BCUT2D eigenvalue weighted by molar-refractivity contribution is 6.51. The Hall–Kier alpha value is -3.94. The molecule has 2 aromatic heterocycles. The Bertz CT molecular complexity index is 1120. The van der Waals surface area contributed by atoms with Crippen LogP contribution >= 0.6 is 0 Å². The van der Waals surface area contributed by atoms with Crippen LogP contribution < -0.4 is 9.64 Å². The SMILES string of the molecule is CCOc1ccc(/C(O)=C2/C(=O)C(=O)N(c3ncccn3)C2c2ccc(C)o2)cc1. The van der Waals surface area contributed by atoms with Crippen molar-refractivity contribution >= 4 is 23.4 Å². The molecule has 8 nitrogen and oxygen atoms in total. The molecule has 1 atom stereocenters. The second-order valence-corrected chi connectivity index (χ2v) is 6.62. The summed E-state index contributed by atoms with van der Waals surface area (Å²) in [6, 6.07) is 10.6. The Kier molecular flexibility index (Phi) is 5.05. The largest absolute Gasteiger partial charge is 0.507 e. The van der Waals surface area contributed by atoms with Gasteiger partial charge in [-0.05, 0) is 56.3 Å². The molecule has 30 heavy (non-hydrogen) atoms. The van der Waals surface area contributed by atoms with Gasteiger partial charge in [0.15, 0.2) is 0 Å². The Morgan fingerprint density at radius 2 is 1.83 bits per heavy atom. The van der Waals surface area contributed by atoms with Gasteiger partial charge in [0.2, 0.25) is 5.95 Å². The number of benzene rings is 1. The molecule has 3 heterocycles. The van der Waals surface area contributed by atoms with Gasteiger partial charge in [-0.25, -0.2) is 9.97 Å². The molecule has 3 aromatic rings. The van der Waals surface area contributed by atoms with Gasteiger partial charge in [-0.15, -0.1) is 0 Å². The number of aryl methyl sites for hydroxylation is 1. The first-order valence-corrected chi connectivity index (χ1v) is 9.39. The number of aliphatic hydroxyl groups excluding tert-OH is 1. The van der Waals surface area contributed by atoms with Gasteiger partial charge in [0.05, 0.1) is 12.2 Å². The number of ketones is 1. The second kappa shape index (κ2) is 7.82. The van der Waals surface area contributed by atoms with E-state index in [0.717, 1.165) is 4.90 Å². The molecular formula is C22H19N3O5. The minimum absolute atomic E-state index is 0.0457. The van der Waals surface area contributed by atoms with E-state index in [-0.39, 0.29) is 17.3 Å². The number of Topliss-reactive ketones (excluding diaryl/α,β-unsaturated/α-hetero) is 1. The average molecular weight is 405 g/mol. The third-order valence-electron chi connectivity index (χ3n) is 4.68. The summed E-state index contributed by atoms with van der Waals surface area (Å²) in [6.07, 6.45) is 2.94. The van der Waals surface area contributed by atoms with E-state index < -0.39 is 17.7 Å². The van der Waals surface area contributed by atoms with Gasteiger partial charge < -0.3 is 14.3 Å². The van der Waals surface area contributed by atoms with Crippen molar-refractivity contribution in [1.29, 1.82) is 0 Å². The van der Waals surface area contributed by atoms with Crippen molar-refractivity contribution in [1.82, 2.24) is 9.97 Å². The molecule has 1 aromatic carbocycles. The lowest BCUT2D eigenvalue weighted by atomic mass is 9.99. The third kappa shape index (κ3) is 3.32. The van der Waals surface area contributed by atoms with Crippen LogP contribution in [0, 0.1) is 6.92 Å². The Morgan fingerprint density at radius 3 is 2.43 bits per heavy atom. The summed E-state index contributed by atoms with van der Waals surface area (Å²) in [7, 11) is 0. The van der Waals surface area contributed by atoms with E-state index in [0.29, 0.717) is 29.4 Å². The van der Waals surface area contributed by atoms with Crippen LogP contribution in [0.2, 0.25) is 0 Å². The first-order valence-electron chi connectivity index (χ1n) is 9.39. The third-order valence-corrected chi connectivity index (χ3v) is 4.68. The highest BCUT2D eigenvalue weighted by Crippen LogP contribution is 2.41. The second-order valence-electron chi connectivity index (χ2n) is 6.62. The van der Waals surface area contributed by atoms with Crippen molar-refractivity contribution in [2.45, 2.75) is 19.9 Å². The lowest BCUT2D eigenvalue weighted by Gasteiger charge is -2.21. The van der Waals surface area contributed by atoms with Crippen LogP contribution in [-0.4, -0.2) is 33.4 Å². The monoisotopic (exact) mass is 405 g/mol. The zero-order valence-electron chi connectivity index (χ0n) is 16.4. The maximum Gasteiger partial charge on any atom is 0.302 e. The van der Waals surface area contributed by atoms with E-state index >= 15 is 0 Å². The van der Waals surface area contributed by atoms with E-state index in [4.69, 9.17) is 9.15 Å². The molecule has 1 aliphatic heterocycles. The van der Waals surface area contributed by atoms with Crippen LogP contribution in [-0.2, 0) is 9.59 Å². The summed E-state index contributed by atoms with van der Waals surface area (Å²) in [6.45, 7) is 4.12. The van der Waals surface area contributed by atoms with Gasteiger partial charge in [0, 0.05) is 18.0 Å². The highest BCUT2D eigenvalue weighted by Gasteiger charge is 2.49. The van der Waals surface area contributed by atoms with Crippen molar-refractivity contribution in [3.8, 4) is 5.75 Å². The van der Waals surface area contributed by atoms with Crippen LogP contribution in [0.3, 0.4) is 0 Å². The molecule has 1 unspecified atom stereocenters. The van der Waals surface area contributed by atoms with Crippen molar-refractivity contribution < 1.29 is 23.8 Å². The predicted molar refractivity (Wildman–Crippen MR) is 108 cm³/mol. The van der Waals surface area contributed by atoms with Crippen LogP contribution in [0.4, 0.5) is 5.95 Å². The topological polar surface area (TPSA) is 106 Å². The number of aliphatic hydroxyl groups is 1. The number of nitrogens with zero attached hydrogens (tertiary/aromatic N) is 3. The lowest BCUT2D eigenvalue weighted by Crippen LogP contribution is -2.30. The maximum absolute atomic E-state index is 12.9. The number of aromatic nitrogens is 2. The molecular weight excluding hydrogens is 386 g/mol. The fourth-order valence-corrected chi connectivity index (χ4v) is 3.36.